The van der Waals surface area contributed by atoms with Crippen molar-refractivity contribution in [1.82, 2.24) is 14.7 Å². The number of piperidine rings is 1. The standard InChI is InChI=1S/C17H20F3N3O2/c1-2-4-14-13(7-10-25-14)16(24)22-8-3-5-12(11-22)23-9-6-15(21-23)17(18,19)20/h6-7,9-10,12H,2-5,8,11H2,1H3. The van der Waals surface area contributed by atoms with Crippen molar-refractivity contribution in [3.8, 4) is 0 Å². The largest absolute Gasteiger partial charge is 0.469 e. The number of nitrogens with zero attached hydrogens (tertiary/aromatic N) is 3. The highest BCUT2D eigenvalue weighted by atomic mass is 19.4. The minimum Gasteiger partial charge on any atom is -0.469 e. The monoisotopic (exact) mass is 355 g/mol. The molecule has 0 radical (unpaired) electrons. The van der Waals surface area contributed by atoms with Crippen LogP contribution < -0.4 is 0 Å². The number of furan rings is 1. The smallest absolute Gasteiger partial charge is 0.435 e. The zero-order valence-corrected chi connectivity index (χ0v) is 13.9. The lowest BCUT2D eigenvalue weighted by atomic mass is 10.0. The van der Waals surface area contributed by atoms with Gasteiger partial charge in [-0.25, -0.2) is 0 Å². The van der Waals surface area contributed by atoms with E-state index in [1.165, 1.54) is 17.1 Å². The van der Waals surface area contributed by atoms with E-state index in [0.717, 1.165) is 18.9 Å². The molecule has 1 unspecified atom stereocenters. The molecule has 3 rings (SSSR count). The number of amides is 1. The third kappa shape index (κ3) is 3.72. The van der Waals surface area contributed by atoms with Gasteiger partial charge in [-0.2, -0.15) is 18.3 Å². The molecule has 5 nitrogen and oxygen atoms in total. The summed E-state index contributed by atoms with van der Waals surface area (Å²) in [6.07, 6.45) is 1.34. The first-order valence-electron chi connectivity index (χ1n) is 8.38. The summed E-state index contributed by atoms with van der Waals surface area (Å²) in [5.74, 6) is 0.526. The van der Waals surface area contributed by atoms with Gasteiger partial charge in [-0.15, -0.1) is 0 Å². The number of aryl methyl sites for hydroxylation is 1. The maximum atomic E-state index is 12.8. The van der Waals surface area contributed by atoms with E-state index in [0.29, 0.717) is 37.3 Å². The topological polar surface area (TPSA) is 51.3 Å². The fourth-order valence-corrected chi connectivity index (χ4v) is 3.17. The number of hydrogen-bond donors (Lipinski definition) is 0. The molecule has 1 amide bonds. The van der Waals surface area contributed by atoms with Gasteiger partial charge in [-0.3, -0.25) is 9.48 Å². The van der Waals surface area contributed by atoms with Crippen LogP contribution in [-0.4, -0.2) is 33.7 Å². The summed E-state index contributed by atoms with van der Waals surface area (Å²) in [5.41, 5.74) is -0.366. The lowest BCUT2D eigenvalue weighted by molar-refractivity contribution is -0.141. The highest BCUT2D eigenvalue weighted by Crippen LogP contribution is 2.29. The molecule has 1 fully saturated rings. The molecule has 1 atom stereocenters. The Labute approximate surface area is 143 Å². The second-order valence-corrected chi connectivity index (χ2v) is 6.23. The molecular weight excluding hydrogens is 335 g/mol. The molecule has 8 heteroatoms. The molecule has 0 bridgehead atoms. The van der Waals surface area contributed by atoms with E-state index in [9.17, 15) is 18.0 Å². The maximum absolute atomic E-state index is 12.8. The first kappa shape index (κ1) is 17.6. The van der Waals surface area contributed by atoms with Crippen LogP contribution >= 0.6 is 0 Å². The summed E-state index contributed by atoms with van der Waals surface area (Å²) < 4.78 is 44.9. The van der Waals surface area contributed by atoms with E-state index in [2.05, 4.69) is 5.10 Å². The number of carbonyl (C=O) groups excluding carboxylic acids is 1. The number of carbonyl (C=O) groups is 1. The van der Waals surface area contributed by atoms with Gasteiger partial charge in [-0.05, 0) is 31.4 Å². The third-order valence-corrected chi connectivity index (χ3v) is 4.41. The minimum atomic E-state index is -4.46. The lowest BCUT2D eigenvalue weighted by Gasteiger charge is -2.32. The van der Waals surface area contributed by atoms with Crippen LogP contribution in [0.4, 0.5) is 13.2 Å². The minimum absolute atomic E-state index is 0.134. The molecule has 25 heavy (non-hydrogen) atoms. The molecule has 0 spiro atoms. The van der Waals surface area contributed by atoms with Crippen molar-refractivity contribution >= 4 is 5.91 Å². The van der Waals surface area contributed by atoms with Gasteiger partial charge in [-0.1, -0.05) is 6.92 Å². The molecule has 2 aromatic heterocycles. The highest BCUT2D eigenvalue weighted by Gasteiger charge is 2.35. The Morgan fingerprint density at radius 1 is 1.40 bits per heavy atom. The lowest BCUT2D eigenvalue weighted by Crippen LogP contribution is -2.41. The second kappa shape index (κ2) is 6.93. The molecule has 3 heterocycles. The molecule has 0 aromatic carbocycles. The second-order valence-electron chi connectivity index (χ2n) is 6.23. The van der Waals surface area contributed by atoms with Crippen molar-refractivity contribution in [2.45, 2.75) is 44.8 Å². The average Bonchev–Trinajstić information content (AvgIpc) is 3.24. The number of rotatable bonds is 4. The highest BCUT2D eigenvalue weighted by molar-refractivity contribution is 5.95. The molecule has 2 aromatic rings. The molecule has 0 saturated carbocycles. The van der Waals surface area contributed by atoms with Gasteiger partial charge in [0.25, 0.3) is 5.91 Å². The molecular formula is C17H20F3N3O2. The Morgan fingerprint density at radius 2 is 2.20 bits per heavy atom. The third-order valence-electron chi connectivity index (χ3n) is 4.41. The van der Waals surface area contributed by atoms with E-state index in [-0.39, 0.29) is 11.9 Å². The summed E-state index contributed by atoms with van der Waals surface area (Å²) in [5, 5.41) is 3.64. The fraction of sp³-hybridized carbons (Fsp3) is 0.529. The zero-order chi connectivity index (χ0) is 18.0. The Hall–Kier alpha value is -2.25. The van der Waals surface area contributed by atoms with E-state index < -0.39 is 11.9 Å². The number of hydrogen-bond acceptors (Lipinski definition) is 3. The van der Waals surface area contributed by atoms with E-state index >= 15 is 0 Å². The van der Waals surface area contributed by atoms with Crippen LogP contribution in [0.2, 0.25) is 0 Å². The van der Waals surface area contributed by atoms with Crippen molar-refractivity contribution in [2.24, 2.45) is 0 Å². The van der Waals surface area contributed by atoms with Gasteiger partial charge < -0.3 is 9.32 Å². The average molecular weight is 355 g/mol. The van der Waals surface area contributed by atoms with Gasteiger partial charge in [0.1, 0.15) is 5.76 Å². The summed E-state index contributed by atoms with van der Waals surface area (Å²) in [4.78, 5) is 14.4. The number of alkyl halides is 3. The molecule has 136 valence electrons. The fourth-order valence-electron chi connectivity index (χ4n) is 3.17. The molecule has 1 aliphatic rings. The first-order valence-corrected chi connectivity index (χ1v) is 8.38. The van der Waals surface area contributed by atoms with Crippen molar-refractivity contribution in [2.75, 3.05) is 13.1 Å². The van der Waals surface area contributed by atoms with Gasteiger partial charge in [0.15, 0.2) is 5.69 Å². The predicted molar refractivity (Wildman–Crippen MR) is 84.1 cm³/mol. The SMILES string of the molecule is CCCc1occc1C(=O)N1CCCC(n2ccc(C(F)(F)F)n2)C1. The van der Waals surface area contributed by atoms with Crippen LogP contribution in [0, 0.1) is 0 Å². The summed E-state index contributed by atoms with van der Waals surface area (Å²) >= 11 is 0. The summed E-state index contributed by atoms with van der Waals surface area (Å²) in [6.45, 7) is 2.93. The summed E-state index contributed by atoms with van der Waals surface area (Å²) in [6, 6.07) is 2.37. The van der Waals surface area contributed by atoms with Gasteiger partial charge >= 0.3 is 6.18 Å². The summed E-state index contributed by atoms with van der Waals surface area (Å²) in [7, 11) is 0. The Morgan fingerprint density at radius 3 is 2.88 bits per heavy atom. The number of aromatic nitrogens is 2. The molecule has 1 saturated heterocycles. The van der Waals surface area contributed by atoms with Crippen LogP contribution in [0.15, 0.2) is 29.0 Å². The van der Waals surface area contributed by atoms with Gasteiger partial charge in [0.2, 0.25) is 0 Å². The molecule has 1 aliphatic heterocycles. The Balaban J connectivity index is 1.73. The number of likely N-dealkylation sites (tertiary alicyclic amines) is 1. The van der Waals surface area contributed by atoms with E-state index in [4.69, 9.17) is 4.42 Å². The van der Waals surface area contributed by atoms with Gasteiger partial charge in [0, 0.05) is 25.7 Å². The Bertz CT molecular complexity index is 736. The van der Waals surface area contributed by atoms with Crippen LogP contribution in [0.1, 0.15) is 54.0 Å². The Kier molecular flexibility index (Phi) is 4.87. The normalized spacial score (nSPS) is 18.6. The van der Waals surface area contributed by atoms with Crippen molar-refractivity contribution in [3.05, 3.63) is 41.6 Å². The van der Waals surface area contributed by atoms with Crippen LogP contribution in [0.5, 0.6) is 0 Å². The first-order chi connectivity index (χ1) is 11.9. The van der Waals surface area contributed by atoms with Crippen LogP contribution in [0.25, 0.3) is 0 Å². The van der Waals surface area contributed by atoms with Crippen molar-refractivity contribution < 1.29 is 22.4 Å². The quantitative estimate of drug-likeness (QED) is 0.835. The zero-order valence-electron chi connectivity index (χ0n) is 13.9. The van der Waals surface area contributed by atoms with Crippen LogP contribution in [0.3, 0.4) is 0 Å². The van der Waals surface area contributed by atoms with E-state index in [1.54, 1.807) is 11.0 Å². The molecule has 0 N–H and O–H groups in total. The van der Waals surface area contributed by atoms with E-state index in [1.807, 2.05) is 6.92 Å². The van der Waals surface area contributed by atoms with Crippen LogP contribution in [-0.2, 0) is 12.6 Å². The van der Waals surface area contributed by atoms with Gasteiger partial charge in [0.05, 0.1) is 17.9 Å². The predicted octanol–water partition coefficient (Wildman–Crippen LogP) is 3.92. The van der Waals surface area contributed by atoms with Crippen molar-refractivity contribution in [3.63, 3.8) is 0 Å². The molecule has 0 aliphatic carbocycles. The maximum Gasteiger partial charge on any atom is 0.435 e. The number of halogens is 3. The van der Waals surface area contributed by atoms with Crippen molar-refractivity contribution in [1.29, 1.82) is 0 Å².